The van der Waals surface area contributed by atoms with Crippen molar-refractivity contribution in [1.82, 2.24) is 0 Å². The number of fused-ring (bicyclic) bond motifs is 1. The van der Waals surface area contributed by atoms with Crippen LogP contribution in [0.3, 0.4) is 0 Å². The molecule has 0 bridgehead atoms. The zero-order chi connectivity index (χ0) is 24.9. The molecule has 1 unspecified atom stereocenters. The summed E-state index contributed by atoms with van der Waals surface area (Å²) in [7, 11) is 0. The number of nitrogens with one attached hydrogen (secondary N) is 2. The minimum atomic E-state index is -0.728. The molecule has 0 spiro atoms. The predicted octanol–water partition coefficient (Wildman–Crippen LogP) is 4.71. The molecule has 0 fully saturated rings. The van der Waals surface area contributed by atoms with Crippen LogP contribution in [0.15, 0.2) is 60.7 Å². The lowest BCUT2D eigenvalue weighted by molar-refractivity contribution is -0.115. The van der Waals surface area contributed by atoms with E-state index in [2.05, 4.69) is 10.6 Å². The number of carbonyl (C=O) groups is 3. The molecule has 3 aromatic carbocycles. The molecule has 0 aliphatic carbocycles. The van der Waals surface area contributed by atoms with Gasteiger partial charge in [-0.05, 0) is 30.3 Å². The summed E-state index contributed by atoms with van der Waals surface area (Å²) in [4.78, 5) is 35.7. The van der Waals surface area contributed by atoms with Crippen LogP contribution in [0.25, 0.3) is 0 Å². The monoisotopic (exact) mass is 478 g/mol. The Morgan fingerprint density at radius 1 is 0.971 bits per heavy atom. The van der Waals surface area contributed by atoms with Crippen LogP contribution in [0.4, 0.5) is 15.8 Å². The first kappa shape index (κ1) is 23.9. The van der Waals surface area contributed by atoms with E-state index in [0.717, 1.165) is 5.56 Å². The maximum absolute atomic E-state index is 14.2. The molecular weight excluding hydrogens is 455 g/mol. The Hall–Kier alpha value is -4.24. The van der Waals surface area contributed by atoms with Crippen molar-refractivity contribution >= 4 is 29.2 Å². The molecule has 3 aromatic rings. The van der Waals surface area contributed by atoms with E-state index in [4.69, 9.17) is 14.2 Å². The molecule has 9 heteroatoms. The number of anilines is 2. The van der Waals surface area contributed by atoms with Crippen LogP contribution in [0.2, 0.25) is 0 Å². The summed E-state index contributed by atoms with van der Waals surface area (Å²) < 4.78 is 31.4. The number of carbonyl (C=O) groups excluding carboxylic acids is 3. The van der Waals surface area contributed by atoms with Crippen molar-refractivity contribution in [2.24, 2.45) is 0 Å². The van der Waals surface area contributed by atoms with Gasteiger partial charge in [-0.1, -0.05) is 30.3 Å². The lowest BCUT2D eigenvalue weighted by Gasteiger charge is -2.28. The third-order valence-electron chi connectivity index (χ3n) is 5.06. The Morgan fingerprint density at radius 3 is 2.26 bits per heavy atom. The molecular formula is C26H23FN2O6. The van der Waals surface area contributed by atoms with Crippen molar-refractivity contribution in [2.75, 3.05) is 10.6 Å². The minimum absolute atomic E-state index is 0.0942. The average Bonchev–Trinajstić information content (AvgIpc) is 2.81. The molecule has 0 radical (unpaired) electrons. The number of amides is 2. The molecule has 0 saturated carbocycles. The van der Waals surface area contributed by atoms with Gasteiger partial charge in [-0.15, -0.1) is 0 Å². The number of ether oxygens (including phenoxy) is 3. The first-order valence-electron chi connectivity index (χ1n) is 10.8. The topological polar surface area (TPSA) is 103 Å². The van der Waals surface area contributed by atoms with Gasteiger partial charge >= 0.3 is 5.97 Å². The molecule has 1 aliphatic heterocycles. The van der Waals surface area contributed by atoms with Crippen molar-refractivity contribution in [3.8, 4) is 5.75 Å². The van der Waals surface area contributed by atoms with Crippen LogP contribution >= 0.6 is 0 Å². The number of rotatable bonds is 6. The minimum Gasteiger partial charge on any atom is -0.460 e. The highest BCUT2D eigenvalue weighted by Crippen LogP contribution is 2.37. The van der Waals surface area contributed by atoms with Gasteiger partial charge in [0.2, 0.25) is 18.1 Å². The highest BCUT2D eigenvalue weighted by Gasteiger charge is 2.26. The maximum atomic E-state index is 14.2. The molecule has 180 valence electrons. The van der Waals surface area contributed by atoms with Crippen LogP contribution in [0.5, 0.6) is 5.75 Å². The molecule has 2 N–H and O–H groups in total. The summed E-state index contributed by atoms with van der Waals surface area (Å²) in [6.07, 6.45) is -0.682. The molecule has 1 aliphatic rings. The van der Waals surface area contributed by atoms with Crippen LogP contribution in [-0.2, 0) is 32.3 Å². The molecule has 1 heterocycles. The molecule has 2 amide bonds. The number of halogens is 1. The van der Waals surface area contributed by atoms with Crippen molar-refractivity contribution in [3.05, 3.63) is 88.7 Å². The van der Waals surface area contributed by atoms with E-state index in [-0.39, 0.29) is 30.6 Å². The first-order valence-corrected chi connectivity index (χ1v) is 10.8. The van der Waals surface area contributed by atoms with Crippen LogP contribution in [0, 0.1) is 5.82 Å². The summed E-state index contributed by atoms with van der Waals surface area (Å²) in [5.41, 5.74) is 2.36. The van der Waals surface area contributed by atoms with Crippen LogP contribution in [0.1, 0.15) is 47.2 Å². The van der Waals surface area contributed by atoms with Crippen LogP contribution in [-0.4, -0.2) is 17.8 Å². The van der Waals surface area contributed by atoms with Gasteiger partial charge in [0.1, 0.15) is 18.2 Å². The van der Waals surface area contributed by atoms with Crippen molar-refractivity contribution in [1.29, 1.82) is 0 Å². The molecule has 0 saturated heterocycles. The number of hydrogen-bond acceptors (Lipinski definition) is 6. The smallest absolute Gasteiger partial charge is 0.338 e. The van der Waals surface area contributed by atoms with E-state index in [1.807, 2.05) is 30.3 Å². The maximum Gasteiger partial charge on any atom is 0.338 e. The summed E-state index contributed by atoms with van der Waals surface area (Å²) >= 11 is 0. The van der Waals surface area contributed by atoms with Crippen molar-refractivity contribution in [2.45, 2.75) is 33.4 Å². The zero-order valence-corrected chi connectivity index (χ0v) is 19.1. The fourth-order valence-electron chi connectivity index (χ4n) is 3.68. The van der Waals surface area contributed by atoms with Gasteiger partial charge in [0.25, 0.3) is 0 Å². The van der Waals surface area contributed by atoms with Gasteiger partial charge < -0.3 is 24.8 Å². The van der Waals surface area contributed by atoms with E-state index in [1.165, 1.54) is 44.2 Å². The van der Waals surface area contributed by atoms with E-state index in [0.29, 0.717) is 28.3 Å². The summed E-state index contributed by atoms with van der Waals surface area (Å²) in [5, 5.41) is 5.15. The van der Waals surface area contributed by atoms with Gasteiger partial charge in [0.05, 0.1) is 12.2 Å². The highest BCUT2D eigenvalue weighted by atomic mass is 19.1. The van der Waals surface area contributed by atoms with Gasteiger partial charge in [-0.25, -0.2) is 9.18 Å². The first-order chi connectivity index (χ1) is 16.8. The largest absolute Gasteiger partial charge is 0.460 e. The van der Waals surface area contributed by atoms with Crippen LogP contribution < -0.4 is 15.4 Å². The normalized spacial score (nSPS) is 14.3. The third-order valence-corrected chi connectivity index (χ3v) is 5.06. The van der Waals surface area contributed by atoms with Gasteiger partial charge in [-0.2, -0.15) is 0 Å². The Labute approximate surface area is 201 Å². The second-order valence-electron chi connectivity index (χ2n) is 7.96. The number of esters is 1. The zero-order valence-electron chi connectivity index (χ0n) is 19.1. The number of benzene rings is 3. The van der Waals surface area contributed by atoms with Gasteiger partial charge in [0.15, 0.2) is 0 Å². The Balaban J connectivity index is 1.55. The Kier molecular flexibility index (Phi) is 7.07. The third kappa shape index (κ3) is 6.01. The molecule has 1 atom stereocenters. The molecule has 8 nitrogen and oxygen atoms in total. The quantitative estimate of drug-likeness (QED) is 0.498. The summed E-state index contributed by atoms with van der Waals surface area (Å²) in [5.74, 6) is -1.54. The predicted molar refractivity (Wildman–Crippen MR) is 125 cm³/mol. The van der Waals surface area contributed by atoms with Crippen molar-refractivity contribution in [3.63, 3.8) is 0 Å². The Bertz CT molecular complexity index is 1240. The highest BCUT2D eigenvalue weighted by molar-refractivity contribution is 5.97. The SMILES string of the molecule is CC(=O)Nc1cc(NC(C)=O)cc(C(=O)OCc2cc(F)cc3c2OC(c2ccccc2)OC3)c1. The van der Waals surface area contributed by atoms with E-state index in [9.17, 15) is 18.8 Å². The second kappa shape index (κ2) is 10.4. The fourth-order valence-corrected chi connectivity index (χ4v) is 3.68. The average molecular weight is 478 g/mol. The lowest BCUT2D eigenvalue weighted by Crippen LogP contribution is -2.20. The van der Waals surface area contributed by atoms with E-state index >= 15 is 0 Å². The van der Waals surface area contributed by atoms with E-state index in [1.54, 1.807) is 0 Å². The molecule has 4 rings (SSSR count). The number of hydrogen-bond donors (Lipinski definition) is 2. The second-order valence-corrected chi connectivity index (χ2v) is 7.96. The molecule has 35 heavy (non-hydrogen) atoms. The Morgan fingerprint density at radius 2 is 1.63 bits per heavy atom. The van der Waals surface area contributed by atoms with Crippen molar-refractivity contribution < 1.29 is 33.0 Å². The van der Waals surface area contributed by atoms with Gasteiger partial charge in [-0.3, -0.25) is 9.59 Å². The van der Waals surface area contributed by atoms with E-state index < -0.39 is 18.1 Å². The summed E-state index contributed by atoms with van der Waals surface area (Å²) in [6.45, 7) is 2.51. The van der Waals surface area contributed by atoms with Gasteiger partial charge in [0, 0.05) is 41.9 Å². The molecule has 0 aromatic heterocycles. The standard InChI is InChI=1S/C26H23FN2O6/c1-15(30)28-22-10-18(11-23(12-22)29-16(2)31)25(32)33-13-19-8-21(27)9-20-14-34-26(35-24(19)20)17-6-4-3-5-7-17/h3-12,26H,13-14H2,1-2H3,(H,28,30)(H,29,31). The fraction of sp³-hybridized carbons (Fsp3) is 0.192. The lowest BCUT2D eigenvalue weighted by atomic mass is 10.1. The summed E-state index contributed by atoms with van der Waals surface area (Å²) in [6, 6.07) is 16.2.